The highest BCUT2D eigenvalue weighted by Crippen LogP contribution is 1.82. The van der Waals surface area contributed by atoms with Gasteiger partial charge in [0.1, 0.15) is 0 Å². The molecule has 0 amide bonds. The van der Waals surface area contributed by atoms with E-state index in [0.29, 0.717) is 0 Å². The summed E-state index contributed by atoms with van der Waals surface area (Å²) < 4.78 is 8.44. The Hall–Kier alpha value is -0.615. The zero-order chi connectivity index (χ0) is 7.11. The normalized spacial score (nSPS) is 10.0. The molecule has 0 spiro atoms. The van der Waals surface area contributed by atoms with E-state index >= 15 is 0 Å². The zero-order valence-electron chi connectivity index (χ0n) is 4.99. The number of hydrogen-bond donors (Lipinski definition) is 2. The molecule has 50 valence electrons. The Balaban J connectivity index is 3.53. The molecule has 0 saturated heterocycles. The van der Waals surface area contributed by atoms with Crippen molar-refractivity contribution in [2.45, 2.75) is 0 Å². The second-order valence-corrected chi connectivity index (χ2v) is 1.26. The minimum absolute atomic E-state index is 0.692. The molecule has 0 aliphatic rings. The summed E-state index contributed by atoms with van der Waals surface area (Å²) >= 11 is 0. The van der Waals surface area contributed by atoms with Gasteiger partial charge in [-0.3, -0.25) is 0 Å². The Bertz CT molecular complexity index is 103. The smallest absolute Gasteiger partial charge is 0.325 e. The topological polar surface area (TPSA) is 70.5 Å². The maximum absolute atomic E-state index is 4.73. The lowest BCUT2D eigenvalue weighted by Crippen LogP contribution is -2.27. The molecule has 0 aromatic heterocycles. The number of rotatable bonds is 4. The molecule has 0 heterocycles. The van der Waals surface area contributed by atoms with Crippen LogP contribution in [0.1, 0.15) is 0 Å². The lowest BCUT2D eigenvalue weighted by atomic mass is 9.91. The van der Waals surface area contributed by atoms with Gasteiger partial charge in [0, 0.05) is 0 Å². The van der Waals surface area contributed by atoms with E-state index < -0.39 is 7.12 Å². The van der Waals surface area contributed by atoms with E-state index in [1.807, 2.05) is 0 Å². The van der Waals surface area contributed by atoms with Crippen LogP contribution < -0.4 is 11.8 Å². The quantitative estimate of drug-likeness (QED) is 0.305. The first-order valence-electron chi connectivity index (χ1n) is 2.35. The van der Waals surface area contributed by atoms with Gasteiger partial charge in [-0.05, 0) is 0 Å². The second kappa shape index (κ2) is 5.52. The Morgan fingerprint density at radius 3 is 2.22 bits per heavy atom. The van der Waals surface area contributed by atoms with Gasteiger partial charge in [-0.2, -0.15) is 0 Å². The average molecular weight is 128 g/mol. The van der Waals surface area contributed by atoms with Gasteiger partial charge in [-0.15, -0.1) is 0 Å². The average Bonchev–Trinajstić information content (AvgIpc) is 1.91. The summed E-state index contributed by atoms with van der Waals surface area (Å²) in [6, 6.07) is 0. The van der Waals surface area contributed by atoms with Crippen LogP contribution in [0.15, 0.2) is 24.7 Å². The van der Waals surface area contributed by atoms with Crippen molar-refractivity contribution < 1.29 is 9.51 Å². The molecule has 0 unspecified atom stereocenters. The van der Waals surface area contributed by atoms with Crippen LogP contribution in [0, 0.1) is 0 Å². The first-order chi connectivity index (χ1) is 4.35. The summed E-state index contributed by atoms with van der Waals surface area (Å²) in [4.78, 5) is 0. The van der Waals surface area contributed by atoms with Crippen LogP contribution in [-0.4, -0.2) is 7.12 Å². The molecule has 4 N–H and O–H groups in total. The second-order valence-electron chi connectivity index (χ2n) is 1.26. The van der Waals surface area contributed by atoms with Gasteiger partial charge in [0.25, 0.3) is 0 Å². The van der Waals surface area contributed by atoms with E-state index in [1.54, 1.807) is 12.2 Å². The SMILES string of the molecule is C=C/C=C/B(ON)ON. The Kier molecular flexibility index (Phi) is 5.14. The molecule has 0 rings (SSSR count). The summed E-state index contributed by atoms with van der Waals surface area (Å²) in [5.74, 6) is 11.0. The molecule has 0 aliphatic heterocycles. The molecular weight excluding hydrogens is 119 g/mol. The molecule has 0 radical (unpaired) electrons. The molecule has 0 atom stereocenters. The highest BCUT2D eigenvalue weighted by Gasteiger charge is 2.08. The fourth-order valence-corrected chi connectivity index (χ4v) is 0.292. The van der Waals surface area contributed by atoms with Crippen molar-refractivity contribution in [3.63, 3.8) is 0 Å². The fourth-order valence-electron chi connectivity index (χ4n) is 0.292. The summed E-state index contributed by atoms with van der Waals surface area (Å²) in [7, 11) is -0.692. The summed E-state index contributed by atoms with van der Waals surface area (Å²) in [5, 5.41) is 0. The van der Waals surface area contributed by atoms with E-state index in [2.05, 4.69) is 16.1 Å². The van der Waals surface area contributed by atoms with Gasteiger partial charge in [0.05, 0.1) is 0 Å². The van der Waals surface area contributed by atoms with Crippen LogP contribution in [-0.2, 0) is 9.51 Å². The standard InChI is InChI=1S/C4H9BN2O2/c1-2-3-4-5(8-6)9-7/h2-4H,1,6-7H2/b4-3+. The Morgan fingerprint density at radius 2 is 1.89 bits per heavy atom. The van der Waals surface area contributed by atoms with Gasteiger partial charge >= 0.3 is 7.12 Å². The highest BCUT2D eigenvalue weighted by atomic mass is 16.7. The van der Waals surface area contributed by atoms with E-state index in [-0.39, 0.29) is 0 Å². The molecule has 0 aliphatic carbocycles. The van der Waals surface area contributed by atoms with Gasteiger partial charge < -0.3 is 9.51 Å². The summed E-state index contributed by atoms with van der Waals surface area (Å²) in [6.07, 6.45) is 3.18. The van der Waals surface area contributed by atoms with Gasteiger partial charge in [0.15, 0.2) is 0 Å². The molecule has 0 saturated carbocycles. The Labute approximate surface area is 54.2 Å². The maximum atomic E-state index is 4.73. The zero-order valence-corrected chi connectivity index (χ0v) is 4.99. The lowest BCUT2D eigenvalue weighted by molar-refractivity contribution is 0.214. The van der Waals surface area contributed by atoms with Crippen LogP contribution in [0.2, 0.25) is 0 Å². The van der Waals surface area contributed by atoms with E-state index in [1.165, 1.54) is 5.98 Å². The summed E-state index contributed by atoms with van der Waals surface area (Å²) in [5.41, 5.74) is 0. The van der Waals surface area contributed by atoms with Crippen molar-refractivity contribution in [2.75, 3.05) is 0 Å². The minimum Gasteiger partial charge on any atom is -0.325 e. The van der Waals surface area contributed by atoms with E-state index in [0.717, 1.165) is 0 Å². The third-order valence-corrected chi connectivity index (χ3v) is 0.673. The van der Waals surface area contributed by atoms with E-state index in [9.17, 15) is 0 Å². The molecular formula is C4H9BN2O2. The van der Waals surface area contributed by atoms with Crippen LogP contribution in [0.5, 0.6) is 0 Å². The van der Waals surface area contributed by atoms with Gasteiger partial charge in [0.2, 0.25) is 0 Å². The third kappa shape index (κ3) is 3.93. The first-order valence-corrected chi connectivity index (χ1v) is 2.35. The number of allylic oxidation sites excluding steroid dienone is 2. The van der Waals surface area contributed by atoms with Crippen molar-refractivity contribution >= 4 is 7.12 Å². The lowest BCUT2D eigenvalue weighted by Gasteiger charge is -1.98. The van der Waals surface area contributed by atoms with Crippen molar-refractivity contribution in [3.05, 3.63) is 24.7 Å². The molecule has 0 aromatic rings. The minimum atomic E-state index is -0.692. The Morgan fingerprint density at radius 1 is 1.33 bits per heavy atom. The van der Waals surface area contributed by atoms with Crippen LogP contribution >= 0.6 is 0 Å². The predicted octanol–water partition coefficient (Wildman–Crippen LogP) is -0.463. The maximum Gasteiger partial charge on any atom is 0.520 e. The molecule has 0 aromatic carbocycles. The summed E-state index contributed by atoms with van der Waals surface area (Å²) in [6.45, 7) is 3.42. The van der Waals surface area contributed by atoms with Crippen LogP contribution in [0.25, 0.3) is 0 Å². The van der Waals surface area contributed by atoms with Crippen molar-refractivity contribution in [2.24, 2.45) is 11.8 Å². The highest BCUT2D eigenvalue weighted by molar-refractivity contribution is 6.50. The van der Waals surface area contributed by atoms with E-state index in [4.69, 9.17) is 11.8 Å². The number of nitrogens with two attached hydrogens (primary N) is 2. The van der Waals surface area contributed by atoms with Crippen molar-refractivity contribution in [1.29, 1.82) is 0 Å². The molecule has 0 fully saturated rings. The predicted molar refractivity (Wildman–Crippen MR) is 35.6 cm³/mol. The molecule has 0 bridgehead atoms. The van der Waals surface area contributed by atoms with Crippen molar-refractivity contribution in [3.8, 4) is 0 Å². The molecule has 9 heavy (non-hydrogen) atoms. The number of hydrogen-bond acceptors (Lipinski definition) is 4. The molecule has 5 heteroatoms. The van der Waals surface area contributed by atoms with Crippen molar-refractivity contribution in [1.82, 2.24) is 0 Å². The largest absolute Gasteiger partial charge is 0.520 e. The van der Waals surface area contributed by atoms with Gasteiger partial charge in [-0.25, -0.2) is 11.8 Å². The van der Waals surface area contributed by atoms with Crippen LogP contribution in [0.4, 0.5) is 0 Å². The fraction of sp³-hybridized carbons (Fsp3) is 0. The van der Waals surface area contributed by atoms with Gasteiger partial charge in [-0.1, -0.05) is 24.7 Å². The third-order valence-electron chi connectivity index (χ3n) is 0.673. The van der Waals surface area contributed by atoms with Crippen LogP contribution in [0.3, 0.4) is 0 Å². The monoisotopic (exact) mass is 128 g/mol. The molecule has 4 nitrogen and oxygen atoms in total. The first kappa shape index (κ1) is 8.38.